The highest BCUT2D eigenvalue weighted by Gasteiger charge is 2.68. The third kappa shape index (κ3) is 4.10. The zero-order valence-corrected chi connectivity index (χ0v) is 12.4. The highest BCUT2D eigenvalue weighted by atomic mass is 28.5. The molecule has 6 N–H and O–H groups in total. The molecule has 0 amide bonds. The molecule has 104 valence electrons. The van der Waals surface area contributed by atoms with Gasteiger partial charge in [0.15, 0.2) is 0 Å². The molecule has 0 aromatic heterocycles. The zero-order valence-electron chi connectivity index (χ0n) is 10.4. The van der Waals surface area contributed by atoms with E-state index in [1.54, 1.807) is 0 Å². The second-order valence-corrected chi connectivity index (χ2v) is 9.52. The van der Waals surface area contributed by atoms with E-state index in [0.29, 0.717) is 25.7 Å². The van der Waals surface area contributed by atoms with E-state index in [1.807, 2.05) is 13.8 Å². The van der Waals surface area contributed by atoms with Crippen molar-refractivity contribution < 1.29 is 28.8 Å². The monoisotopic (exact) mass is 284 g/mol. The van der Waals surface area contributed by atoms with Gasteiger partial charge in [-0.05, 0) is 12.8 Å². The summed E-state index contributed by atoms with van der Waals surface area (Å²) in [6, 6.07) is 0. The maximum Gasteiger partial charge on any atom is 0.503 e. The third-order valence-electron chi connectivity index (χ3n) is 3.20. The summed E-state index contributed by atoms with van der Waals surface area (Å²) in [4.78, 5) is 57.1. The summed E-state index contributed by atoms with van der Waals surface area (Å²) in [5.41, 5.74) is 0. The van der Waals surface area contributed by atoms with Gasteiger partial charge in [-0.25, -0.2) is 0 Å². The van der Waals surface area contributed by atoms with E-state index in [9.17, 15) is 28.8 Å². The molecule has 0 rings (SSSR count). The van der Waals surface area contributed by atoms with Gasteiger partial charge in [0.05, 0.1) is 0 Å². The predicted octanol–water partition coefficient (Wildman–Crippen LogP) is -0.522. The molecule has 0 aliphatic rings. The van der Waals surface area contributed by atoms with Crippen molar-refractivity contribution in [3.05, 3.63) is 0 Å². The van der Waals surface area contributed by atoms with Crippen molar-refractivity contribution in [2.24, 2.45) is 0 Å². The van der Waals surface area contributed by atoms with Gasteiger partial charge in [-0.15, -0.1) is 0 Å². The lowest BCUT2D eigenvalue weighted by Crippen LogP contribution is -2.64. The Hall–Kier alpha value is 0.194. The van der Waals surface area contributed by atoms with Crippen LogP contribution in [0.15, 0.2) is 0 Å². The second kappa shape index (κ2) is 6.39. The lowest BCUT2D eigenvalue weighted by Gasteiger charge is -2.40. The van der Waals surface area contributed by atoms with Crippen LogP contribution >= 0.6 is 0 Å². The van der Waals surface area contributed by atoms with Gasteiger partial charge in [-0.1, -0.05) is 39.5 Å². The van der Waals surface area contributed by atoms with Crippen molar-refractivity contribution >= 4 is 17.6 Å². The fourth-order valence-corrected chi connectivity index (χ4v) is 5.83. The van der Waals surface area contributed by atoms with Gasteiger partial charge in [0.1, 0.15) is 4.66 Å². The Morgan fingerprint density at radius 1 is 0.706 bits per heavy atom. The number of hydrogen-bond donors (Lipinski definition) is 6. The quantitative estimate of drug-likeness (QED) is 0.334. The van der Waals surface area contributed by atoms with E-state index in [1.165, 1.54) is 0 Å². The molecule has 0 saturated carbocycles. The summed E-state index contributed by atoms with van der Waals surface area (Å²) in [7, 11) is -9.67. The molecule has 0 atom stereocenters. The van der Waals surface area contributed by atoms with Gasteiger partial charge in [0.2, 0.25) is 0 Å². The molecule has 0 aromatic carbocycles. The standard InChI is InChI=1S/C9H24O6Si2/c1-3-5-7-9(8-6-4-2,16(10,11)12)17(13,14)15/h10-15H,3-8H2,1-2H3. The van der Waals surface area contributed by atoms with E-state index < -0.39 is 22.3 Å². The number of hydrogen-bond acceptors (Lipinski definition) is 6. The third-order valence-corrected chi connectivity index (χ3v) is 8.78. The highest BCUT2D eigenvalue weighted by Crippen LogP contribution is 2.48. The van der Waals surface area contributed by atoms with Gasteiger partial charge in [0.25, 0.3) is 0 Å². The minimum Gasteiger partial charge on any atom is -0.390 e. The highest BCUT2D eigenvalue weighted by molar-refractivity contribution is 6.81. The molecule has 0 aliphatic carbocycles. The van der Waals surface area contributed by atoms with E-state index in [-0.39, 0.29) is 12.8 Å². The zero-order chi connectivity index (χ0) is 13.7. The van der Waals surface area contributed by atoms with Crippen LogP contribution in [0, 0.1) is 0 Å². The molecule has 0 heterocycles. The van der Waals surface area contributed by atoms with Crippen molar-refractivity contribution in [3.63, 3.8) is 0 Å². The van der Waals surface area contributed by atoms with Crippen LogP contribution in [-0.4, -0.2) is 46.4 Å². The molecule has 17 heavy (non-hydrogen) atoms. The Bertz CT molecular complexity index is 199. The van der Waals surface area contributed by atoms with Gasteiger partial charge >= 0.3 is 17.6 Å². The predicted molar refractivity (Wildman–Crippen MR) is 66.6 cm³/mol. The van der Waals surface area contributed by atoms with Crippen LogP contribution in [0.4, 0.5) is 0 Å². The Labute approximate surface area is 104 Å². The lowest BCUT2D eigenvalue weighted by molar-refractivity contribution is 0.127. The molecule has 0 spiro atoms. The van der Waals surface area contributed by atoms with Crippen molar-refractivity contribution in [2.45, 2.75) is 57.0 Å². The molecular weight excluding hydrogens is 260 g/mol. The SMILES string of the molecule is CCCCC(CCCC)([Si](O)(O)O)[Si](O)(O)O. The van der Waals surface area contributed by atoms with Crippen molar-refractivity contribution in [1.82, 2.24) is 0 Å². The van der Waals surface area contributed by atoms with Crippen LogP contribution in [-0.2, 0) is 0 Å². The largest absolute Gasteiger partial charge is 0.503 e. The van der Waals surface area contributed by atoms with Crippen LogP contribution in [0.5, 0.6) is 0 Å². The molecule has 0 saturated heterocycles. The fourth-order valence-electron chi connectivity index (χ4n) is 1.98. The molecule has 8 heteroatoms. The Morgan fingerprint density at radius 3 is 1.18 bits per heavy atom. The number of unbranched alkanes of at least 4 members (excludes halogenated alkanes) is 2. The van der Waals surface area contributed by atoms with E-state index >= 15 is 0 Å². The summed E-state index contributed by atoms with van der Waals surface area (Å²) in [5, 5.41) is 0. The Balaban J connectivity index is 5.22. The topological polar surface area (TPSA) is 121 Å². The van der Waals surface area contributed by atoms with Crippen LogP contribution in [0.2, 0.25) is 4.66 Å². The molecule has 0 unspecified atom stereocenters. The first kappa shape index (κ1) is 17.2. The van der Waals surface area contributed by atoms with Crippen LogP contribution in [0.1, 0.15) is 52.4 Å². The van der Waals surface area contributed by atoms with Gasteiger partial charge in [-0.2, -0.15) is 0 Å². The molecule has 0 aromatic rings. The van der Waals surface area contributed by atoms with Gasteiger partial charge in [0, 0.05) is 0 Å². The lowest BCUT2D eigenvalue weighted by atomic mass is 10.1. The van der Waals surface area contributed by atoms with Crippen LogP contribution < -0.4 is 0 Å². The average Bonchev–Trinajstić information content (AvgIpc) is 2.14. The smallest absolute Gasteiger partial charge is 0.390 e. The van der Waals surface area contributed by atoms with E-state index in [4.69, 9.17) is 0 Å². The summed E-state index contributed by atoms with van der Waals surface area (Å²) < 4.78 is -1.91. The summed E-state index contributed by atoms with van der Waals surface area (Å²) >= 11 is 0. The first-order valence-electron chi connectivity index (χ1n) is 5.96. The van der Waals surface area contributed by atoms with E-state index in [2.05, 4.69) is 0 Å². The summed E-state index contributed by atoms with van der Waals surface area (Å²) in [6.07, 6.45) is 2.38. The van der Waals surface area contributed by atoms with Gasteiger partial charge in [-0.3, -0.25) is 0 Å². The van der Waals surface area contributed by atoms with E-state index in [0.717, 1.165) is 0 Å². The minimum atomic E-state index is -4.84. The molecule has 0 fully saturated rings. The molecule has 0 radical (unpaired) electrons. The second-order valence-electron chi connectivity index (χ2n) is 4.56. The maximum absolute atomic E-state index is 9.52. The molecule has 0 bridgehead atoms. The molecule has 6 nitrogen and oxygen atoms in total. The van der Waals surface area contributed by atoms with Gasteiger partial charge < -0.3 is 28.8 Å². The number of rotatable bonds is 8. The Morgan fingerprint density at radius 2 is 1.00 bits per heavy atom. The normalized spacial score (nSPS) is 14.1. The molecular formula is C9H24O6Si2. The fraction of sp³-hybridized carbons (Fsp3) is 1.00. The van der Waals surface area contributed by atoms with Crippen LogP contribution in [0.25, 0.3) is 0 Å². The van der Waals surface area contributed by atoms with Crippen molar-refractivity contribution in [1.29, 1.82) is 0 Å². The Kier molecular flexibility index (Phi) is 6.46. The summed E-state index contributed by atoms with van der Waals surface area (Å²) in [5.74, 6) is 0. The maximum atomic E-state index is 9.52. The van der Waals surface area contributed by atoms with Crippen LogP contribution in [0.3, 0.4) is 0 Å². The average molecular weight is 284 g/mol. The summed E-state index contributed by atoms with van der Waals surface area (Å²) in [6.45, 7) is 3.71. The first-order chi connectivity index (χ1) is 7.62. The molecule has 0 aliphatic heterocycles. The minimum absolute atomic E-state index is 0.00887. The first-order valence-corrected chi connectivity index (χ1v) is 9.65. The van der Waals surface area contributed by atoms with Crippen molar-refractivity contribution in [3.8, 4) is 0 Å². The van der Waals surface area contributed by atoms with Crippen molar-refractivity contribution in [2.75, 3.05) is 0 Å².